The highest BCUT2D eigenvalue weighted by molar-refractivity contribution is 5.94. The van der Waals surface area contributed by atoms with Gasteiger partial charge in [0.25, 0.3) is 0 Å². The molecule has 1 aromatic rings. The molecule has 1 aliphatic heterocycles. The molecule has 1 aromatic carbocycles. The summed E-state index contributed by atoms with van der Waals surface area (Å²) in [5.74, 6) is 0.232. The second kappa shape index (κ2) is 5.16. The molecule has 1 aliphatic rings. The molecular weight excluding hydrogens is 220 g/mol. The minimum absolute atomic E-state index is 0.0497. The zero-order valence-electron chi connectivity index (χ0n) is 9.54. The summed E-state index contributed by atoms with van der Waals surface area (Å²) in [5.41, 5.74) is 0.753. The van der Waals surface area contributed by atoms with Crippen molar-refractivity contribution in [1.29, 1.82) is 0 Å². The molecule has 1 fully saturated rings. The van der Waals surface area contributed by atoms with Gasteiger partial charge in [-0.1, -0.05) is 0 Å². The standard InChI is InChI=1S/C12H16N2O3/c15-9-1-7-13-8-6-12(17)14(13)10-2-4-11(16)5-3-10/h2-5,15-16H,1,6-9H2. The number of hydrazine groups is 1. The van der Waals surface area contributed by atoms with E-state index in [0.717, 1.165) is 5.69 Å². The summed E-state index contributed by atoms with van der Waals surface area (Å²) in [7, 11) is 0. The molecule has 1 saturated heterocycles. The number of rotatable bonds is 4. The number of aliphatic hydroxyl groups excluding tert-OH is 1. The number of hydrogen-bond donors (Lipinski definition) is 2. The monoisotopic (exact) mass is 236 g/mol. The normalized spacial score (nSPS) is 16.8. The number of nitrogens with zero attached hydrogens (tertiary/aromatic N) is 2. The number of hydrogen-bond acceptors (Lipinski definition) is 4. The Morgan fingerprint density at radius 1 is 1.24 bits per heavy atom. The number of amides is 1. The molecule has 0 aliphatic carbocycles. The Morgan fingerprint density at radius 3 is 2.59 bits per heavy atom. The van der Waals surface area contributed by atoms with Crippen LogP contribution in [0.5, 0.6) is 5.75 Å². The van der Waals surface area contributed by atoms with Crippen LogP contribution >= 0.6 is 0 Å². The Morgan fingerprint density at radius 2 is 1.94 bits per heavy atom. The minimum Gasteiger partial charge on any atom is -0.508 e. The van der Waals surface area contributed by atoms with Crippen LogP contribution in [0.4, 0.5) is 5.69 Å². The van der Waals surface area contributed by atoms with Crippen molar-refractivity contribution in [3.63, 3.8) is 0 Å². The number of benzene rings is 1. The fourth-order valence-corrected chi connectivity index (χ4v) is 1.95. The van der Waals surface area contributed by atoms with Crippen LogP contribution in [0.15, 0.2) is 24.3 Å². The maximum Gasteiger partial charge on any atom is 0.242 e. The smallest absolute Gasteiger partial charge is 0.242 e. The average molecular weight is 236 g/mol. The Balaban J connectivity index is 2.15. The first-order valence-corrected chi connectivity index (χ1v) is 5.70. The SMILES string of the molecule is O=C1CCN(CCCO)N1c1ccc(O)cc1. The topological polar surface area (TPSA) is 64.0 Å². The van der Waals surface area contributed by atoms with Gasteiger partial charge in [-0.2, -0.15) is 0 Å². The Bertz CT molecular complexity index is 391. The van der Waals surface area contributed by atoms with Crippen molar-refractivity contribution in [1.82, 2.24) is 5.01 Å². The van der Waals surface area contributed by atoms with Crippen molar-refractivity contribution in [3.8, 4) is 5.75 Å². The van der Waals surface area contributed by atoms with Crippen LogP contribution in [0.25, 0.3) is 0 Å². The van der Waals surface area contributed by atoms with Gasteiger partial charge in [0.05, 0.1) is 5.69 Å². The highest BCUT2D eigenvalue weighted by Gasteiger charge is 2.29. The first-order valence-electron chi connectivity index (χ1n) is 5.70. The molecule has 17 heavy (non-hydrogen) atoms. The first-order chi connectivity index (χ1) is 8.22. The molecule has 2 N–H and O–H groups in total. The number of anilines is 1. The van der Waals surface area contributed by atoms with E-state index >= 15 is 0 Å². The van der Waals surface area contributed by atoms with Crippen LogP contribution in [0.1, 0.15) is 12.8 Å². The molecule has 0 aromatic heterocycles. The molecule has 92 valence electrons. The van der Waals surface area contributed by atoms with Gasteiger partial charge in [0.15, 0.2) is 0 Å². The third-order valence-electron chi connectivity index (χ3n) is 2.77. The molecule has 0 atom stereocenters. The van der Waals surface area contributed by atoms with E-state index < -0.39 is 0 Å². The predicted molar refractivity (Wildman–Crippen MR) is 63.5 cm³/mol. The van der Waals surface area contributed by atoms with Crippen molar-refractivity contribution in [2.24, 2.45) is 0 Å². The van der Waals surface area contributed by atoms with Crippen LogP contribution in [0.3, 0.4) is 0 Å². The van der Waals surface area contributed by atoms with E-state index in [1.54, 1.807) is 29.3 Å². The number of aliphatic hydroxyl groups is 1. The van der Waals surface area contributed by atoms with Crippen LogP contribution in [0, 0.1) is 0 Å². The summed E-state index contributed by atoms with van der Waals surface area (Å²) in [6.45, 7) is 1.46. The summed E-state index contributed by atoms with van der Waals surface area (Å²) in [5, 5.41) is 21.6. The lowest BCUT2D eigenvalue weighted by atomic mass is 10.3. The van der Waals surface area contributed by atoms with Gasteiger partial charge < -0.3 is 10.2 Å². The molecule has 0 spiro atoms. The quantitative estimate of drug-likeness (QED) is 0.809. The molecular formula is C12H16N2O3. The van der Waals surface area contributed by atoms with Crippen LogP contribution < -0.4 is 5.01 Å². The molecule has 0 saturated carbocycles. The summed E-state index contributed by atoms with van der Waals surface area (Å²) in [6, 6.07) is 6.55. The molecule has 5 nitrogen and oxygen atoms in total. The van der Waals surface area contributed by atoms with Gasteiger partial charge in [-0.05, 0) is 30.7 Å². The van der Waals surface area contributed by atoms with Crippen molar-refractivity contribution >= 4 is 11.6 Å². The lowest BCUT2D eigenvalue weighted by molar-refractivity contribution is -0.118. The Hall–Kier alpha value is -1.59. The summed E-state index contributed by atoms with van der Waals surface area (Å²) in [6.07, 6.45) is 1.13. The molecule has 0 bridgehead atoms. The molecule has 2 rings (SSSR count). The highest BCUT2D eigenvalue weighted by atomic mass is 16.3. The average Bonchev–Trinajstić information content (AvgIpc) is 2.69. The lowest BCUT2D eigenvalue weighted by Gasteiger charge is -2.27. The molecule has 0 unspecified atom stereocenters. The van der Waals surface area contributed by atoms with Crippen LogP contribution in [-0.4, -0.2) is 40.8 Å². The second-order valence-electron chi connectivity index (χ2n) is 4.00. The second-order valence-corrected chi connectivity index (χ2v) is 4.00. The summed E-state index contributed by atoms with van der Waals surface area (Å²) < 4.78 is 0. The first kappa shape index (κ1) is 11.9. The molecule has 5 heteroatoms. The number of phenolic OH excluding ortho intramolecular Hbond substituents is 1. The van der Waals surface area contributed by atoms with Gasteiger partial charge in [-0.3, -0.25) is 4.79 Å². The van der Waals surface area contributed by atoms with E-state index in [4.69, 9.17) is 5.11 Å². The van der Waals surface area contributed by atoms with E-state index in [1.165, 1.54) is 0 Å². The highest BCUT2D eigenvalue weighted by Crippen LogP contribution is 2.24. The third kappa shape index (κ3) is 2.57. The van der Waals surface area contributed by atoms with E-state index in [2.05, 4.69) is 0 Å². The number of aromatic hydroxyl groups is 1. The van der Waals surface area contributed by atoms with Crippen molar-refractivity contribution in [2.75, 3.05) is 24.7 Å². The van der Waals surface area contributed by atoms with Gasteiger partial charge in [0.1, 0.15) is 5.75 Å². The lowest BCUT2D eigenvalue weighted by Crippen LogP contribution is -2.39. The minimum atomic E-state index is 0.0497. The zero-order valence-corrected chi connectivity index (χ0v) is 9.54. The van der Waals surface area contributed by atoms with E-state index in [-0.39, 0.29) is 18.3 Å². The van der Waals surface area contributed by atoms with E-state index in [9.17, 15) is 9.90 Å². The fourth-order valence-electron chi connectivity index (χ4n) is 1.95. The largest absolute Gasteiger partial charge is 0.508 e. The van der Waals surface area contributed by atoms with Gasteiger partial charge in [0, 0.05) is 26.1 Å². The van der Waals surface area contributed by atoms with Gasteiger partial charge in [0.2, 0.25) is 5.91 Å². The van der Waals surface area contributed by atoms with E-state index in [1.807, 2.05) is 5.01 Å². The molecule has 1 amide bonds. The Kier molecular flexibility index (Phi) is 3.61. The van der Waals surface area contributed by atoms with Gasteiger partial charge >= 0.3 is 0 Å². The maximum atomic E-state index is 11.8. The van der Waals surface area contributed by atoms with Crippen molar-refractivity contribution < 1.29 is 15.0 Å². The zero-order chi connectivity index (χ0) is 12.3. The fraction of sp³-hybridized carbons (Fsp3) is 0.417. The van der Waals surface area contributed by atoms with Crippen LogP contribution in [-0.2, 0) is 4.79 Å². The van der Waals surface area contributed by atoms with E-state index in [0.29, 0.717) is 25.9 Å². The van der Waals surface area contributed by atoms with Gasteiger partial charge in [-0.25, -0.2) is 10.0 Å². The summed E-state index contributed by atoms with van der Waals surface area (Å²) in [4.78, 5) is 11.8. The molecule has 0 radical (unpaired) electrons. The molecule has 1 heterocycles. The summed E-state index contributed by atoms with van der Waals surface area (Å²) >= 11 is 0. The number of carbonyl (C=O) groups excluding carboxylic acids is 1. The van der Waals surface area contributed by atoms with Gasteiger partial charge in [-0.15, -0.1) is 0 Å². The predicted octanol–water partition coefficient (Wildman–Crippen LogP) is 0.728. The number of phenols is 1. The maximum absolute atomic E-state index is 11.8. The third-order valence-corrected chi connectivity index (χ3v) is 2.77. The van der Waals surface area contributed by atoms with Crippen molar-refractivity contribution in [3.05, 3.63) is 24.3 Å². The Labute approximate surface area is 99.9 Å². The number of carbonyl (C=O) groups is 1. The van der Waals surface area contributed by atoms with Crippen LogP contribution in [0.2, 0.25) is 0 Å². The van der Waals surface area contributed by atoms with Crippen molar-refractivity contribution in [2.45, 2.75) is 12.8 Å².